The van der Waals surface area contributed by atoms with Crippen molar-refractivity contribution in [1.29, 1.82) is 0 Å². The van der Waals surface area contributed by atoms with Gasteiger partial charge < -0.3 is 5.32 Å². The Bertz CT molecular complexity index is 527. The van der Waals surface area contributed by atoms with Crippen molar-refractivity contribution in [1.82, 2.24) is 5.32 Å². The maximum atomic E-state index is 13.0. The zero-order chi connectivity index (χ0) is 15.1. The Labute approximate surface area is 131 Å². The van der Waals surface area contributed by atoms with Crippen LogP contribution in [0.2, 0.25) is 0 Å². The van der Waals surface area contributed by atoms with E-state index in [1.54, 1.807) is 11.8 Å². The quantitative estimate of drug-likeness (QED) is 0.719. The predicted octanol–water partition coefficient (Wildman–Crippen LogP) is 5.05. The third-order valence-electron chi connectivity index (χ3n) is 3.38. The van der Waals surface area contributed by atoms with Crippen LogP contribution < -0.4 is 5.32 Å². The Hall–Kier alpha value is -1.32. The highest BCUT2D eigenvalue weighted by Crippen LogP contribution is 2.32. The molecular formula is C18H22FNS. The molecule has 3 heteroatoms. The minimum atomic E-state index is -0.185. The molecule has 0 aliphatic rings. The Kier molecular flexibility index (Phi) is 6.27. The zero-order valence-electron chi connectivity index (χ0n) is 12.6. The number of thioether (sulfide) groups is 1. The molecule has 2 aromatic carbocycles. The minimum Gasteiger partial charge on any atom is -0.309 e. The first-order chi connectivity index (χ1) is 10.2. The van der Waals surface area contributed by atoms with Gasteiger partial charge in [0.2, 0.25) is 0 Å². The van der Waals surface area contributed by atoms with E-state index >= 15 is 0 Å². The largest absolute Gasteiger partial charge is 0.309 e. The summed E-state index contributed by atoms with van der Waals surface area (Å²) in [7, 11) is 0. The van der Waals surface area contributed by atoms with Crippen molar-refractivity contribution in [2.24, 2.45) is 0 Å². The third kappa shape index (κ3) is 4.87. The first kappa shape index (κ1) is 16.1. The average molecular weight is 303 g/mol. The molecule has 0 aromatic heterocycles. The van der Waals surface area contributed by atoms with Gasteiger partial charge in [0.1, 0.15) is 5.82 Å². The van der Waals surface area contributed by atoms with E-state index in [2.05, 4.69) is 43.4 Å². The lowest BCUT2D eigenvalue weighted by molar-refractivity contribution is 0.528. The van der Waals surface area contributed by atoms with Gasteiger partial charge in [0.05, 0.1) is 0 Å². The standard InChI is InChI=1S/C18H22FNS/c1-3-13-20-18(15-7-5-4-6-8-15)14(2)21-17-11-9-16(19)10-12-17/h4-12,14,18,20H,3,13H2,1-2H3. The second-order valence-electron chi connectivity index (χ2n) is 5.12. The van der Waals surface area contributed by atoms with Crippen LogP contribution in [-0.4, -0.2) is 11.8 Å². The van der Waals surface area contributed by atoms with Crippen LogP contribution in [0.4, 0.5) is 4.39 Å². The summed E-state index contributed by atoms with van der Waals surface area (Å²) < 4.78 is 13.0. The van der Waals surface area contributed by atoms with Crippen LogP contribution in [0.15, 0.2) is 59.5 Å². The fraction of sp³-hybridized carbons (Fsp3) is 0.333. The van der Waals surface area contributed by atoms with Crippen LogP contribution >= 0.6 is 11.8 Å². The van der Waals surface area contributed by atoms with Gasteiger partial charge in [0, 0.05) is 16.2 Å². The average Bonchev–Trinajstić information content (AvgIpc) is 2.51. The summed E-state index contributed by atoms with van der Waals surface area (Å²) in [6, 6.07) is 17.5. The second-order valence-corrected chi connectivity index (χ2v) is 6.57. The molecule has 2 aromatic rings. The van der Waals surface area contributed by atoms with Gasteiger partial charge in [-0.1, -0.05) is 44.2 Å². The van der Waals surface area contributed by atoms with E-state index in [9.17, 15) is 4.39 Å². The van der Waals surface area contributed by atoms with E-state index in [0.29, 0.717) is 11.3 Å². The number of benzene rings is 2. The van der Waals surface area contributed by atoms with Crippen LogP contribution in [0.1, 0.15) is 31.9 Å². The van der Waals surface area contributed by atoms with E-state index in [0.717, 1.165) is 17.9 Å². The van der Waals surface area contributed by atoms with E-state index in [-0.39, 0.29) is 5.82 Å². The molecule has 0 heterocycles. The molecular weight excluding hydrogens is 281 g/mol. The molecule has 0 saturated heterocycles. The summed E-state index contributed by atoms with van der Waals surface area (Å²) in [4.78, 5) is 1.10. The van der Waals surface area contributed by atoms with Gasteiger partial charge in [-0.25, -0.2) is 4.39 Å². The molecule has 0 aliphatic heterocycles. The van der Waals surface area contributed by atoms with Gasteiger partial charge in [-0.05, 0) is 42.8 Å². The number of rotatable bonds is 7. The lowest BCUT2D eigenvalue weighted by Gasteiger charge is -2.25. The molecule has 1 N–H and O–H groups in total. The third-order valence-corrected chi connectivity index (χ3v) is 4.57. The summed E-state index contributed by atoms with van der Waals surface area (Å²) in [5, 5.41) is 3.99. The predicted molar refractivity (Wildman–Crippen MR) is 89.2 cm³/mol. The topological polar surface area (TPSA) is 12.0 Å². The van der Waals surface area contributed by atoms with Crippen molar-refractivity contribution in [3.63, 3.8) is 0 Å². The Morgan fingerprint density at radius 3 is 2.33 bits per heavy atom. The highest BCUT2D eigenvalue weighted by atomic mass is 32.2. The van der Waals surface area contributed by atoms with Gasteiger partial charge in [-0.15, -0.1) is 11.8 Å². The summed E-state index contributed by atoms with van der Waals surface area (Å²) in [5.41, 5.74) is 1.30. The molecule has 2 rings (SSSR count). The number of halogens is 1. The Morgan fingerprint density at radius 1 is 1.05 bits per heavy atom. The molecule has 112 valence electrons. The molecule has 21 heavy (non-hydrogen) atoms. The summed E-state index contributed by atoms with van der Waals surface area (Å²) >= 11 is 1.78. The lowest BCUT2D eigenvalue weighted by atomic mass is 10.0. The van der Waals surface area contributed by atoms with Crippen LogP contribution in [-0.2, 0) is 0 Å². The van der Waals surface area contributed by atoms with Crippen LogP contribution in [0.25, 0.3) is 0 Å². The fourth-order valence-corrected chi connectivity index (χ4v) is 3.42. The van der Waals surface area contributed by atoms with E-state index in [1.165, 1.54) is 17.7 Å². The van der Waals surface area contributed by atoms with Crippen molar-refractivity contribution in [2.75, 3.05) is 6.54 Å². The van der Waals surface area contributed by atoms with Crippen LogP contribution in [0.5, 0.6) is 0 Å². The van der Waals surface area contributed by atoms with E-state index in [4.69, 9.17) is 0 Å². The lowest BCUT2D eigenvalue weighted by Crippen LogP contribution is -2.29. The van der Waals surface area contributed by atoms with Crippen molar-refractivity contribution >= 4 is 11.8 Å². The molecule has 0 bridgehead atoms. The molecule has 0 radical (unpaired) electrons. The molecule has 1 nitrogen and oxygen atoms in total. The zero-order valence-corrected chi connectivity index (χ0v) is 13.4. The number of nitrogens with one attached hydrogen (secondary N) is 1. The molecule has 2 atom stereocenters. The van der Waals surface area contributed by atoms with Crippen LogP contribution in [0.3, 0.4) is 0 Å². The van der Waals surface area contributed by atoms with E-state index in [1.807, 2.05) is 18.2 Å². The molecule has 0 fully saturated rings. The van der Waals surface area contributed by atoms with Gasteiger partial charge in [0.25, 0.3) is 0 Å². The van der Waals surface area contributed by atoms with Crippen molar-refractivity contribution < 1.29 is 4.39 Å². The van der Waals surface area contributed by atoms with Gasteiger partial charge in [-0.3, -0.25) is 0 Å². The minimum absolute atomic E-state index is 0.185. The van der Waals surface area contributed by atoms with Gasteiger partial charge >= 0.3 is 0 Å². The monoisotopic (exact) mass is 303 g/mol. The highest BCUT2D eigenvalue weighted by Gasteiger charge is 2.19. The molecule has 2 unspecified atom stereocenters. The van der Waals surface area contributed by atoms with Crippen LogP contribution in [0, 0.1) is 5.82 Å². The van der Waals surface area contributed by atoms with Crippen molar-refractivity contribution in [3.05, 3.63) is 66.0 Å². The smallest absolute Gasteiger partial charge is 0.123 e. The summed E-state index contributed by atoms with van der Waals surface area (Å²) in [6.07, 6.45) is 1.11. The maximum Gasteiger partial charge on any atom is 0.123 e. The Morgan fingerprint density at radius 2 is 1.71 bits per heavy atom. The molecule has 0 spiro atoms. The molecule has 0 amide bonds. The Balaban J connectivity index is 2.10. The van der Waals surface area contributed by atoms with E-state index < -0.39 is 0 Å². The first-order valence-electron chi connectivity index (χ1n) is 7.41. The SMILES string of the molecule is CCCNC(c1ccccc1)C(C)Sc1ccc(F)cc1. The summed E-state index contributed by atoms with van der Waals surface area (Å²) in [5.74, 6) is -0.185. The summed E-state index contributed by atoms with van der Waals surface area (Å²) in [6.45, 7) is 5.38. The van der Waals surface area contributed by atoms with Crippen molar-refractivity contribution in [3.8, 4) is 0 Å². The van der Waals surface area contributed by atoms with Crippen molar-refractivity contribution in [2.45, 2.75) is 36.5 Å². The number of hydrogen-bond acceptors (Lipinski definition) is 2. The molecule has 0 saturated carbocycles. The normalized spacial score (nSPS) is 13.9. The first-order valence-corrected chi connectivity index (χ1v) is 8.29. The van der Waals surface area contributed by atoms with Gasteiger partial charge in [-0.2, -0.15) is 0 Å². The highest BCUT2D eigenvalue weighted by molar-refractivity contribution is 8.00. The second kappa shape index (κ2) is 8.20. The fourth-order valence-electron chi connectivity index (χ4n) is 2.31. The number of hydrogen-bond donors (Lipinski definition) is 1. The van der Waals surface area contributed by atoms with Gasteiger partial charge in [0.15, 0.2) is 0 Å². The maximum absolute atomic E-state index is 13.0. The molecule has 0 aliphatic carbocycles.